The van der Waals surface area contributed by atoms with Crippen molar-refractivity contribution >= 4 is 58.3 Å². The van der Waals surface area contributed by atoms with Crippen LogP contribution in [0.2, 0.25) is 0 Å². The fraction of sp³-hybridized carbons (Fsp3) is 0.241. The Balaban J connectivity index is 1.31. The summed E-state index contributed by atoms with van der Waals surface area (Å²) in [7, 11) is 0. The topological polar surface area (TPSA) is 54.0 Å². The average molecular weight is 835 g/mol. The van der Waals surface area contributed by atoms with Crippen LogP contribution < -0.4 is 35.6 Å². The summed E-state index contributed by atoms with van der Waals surface area (Å²) in [5.74, 6) is 4.97. The molecule has 0 aromatic heterocycles. The van der Waals surface area contributed by atoms with E-state index in [9.17, 15) is 5.21 Å². The van der Waals surface area contributed by atoms with Gasteiger partial charge in [0.25, 0.3) is 0 Å². The van der Waals surface area contributed by atoms with Crippen LogP contribution in [0.5, 0.6) is 17.2 Å². The van der Waals surface area contributed by atoms with E-state index in [1.165, 1.54) is 14.1 Å². The van der Waals surface area contributed by atoms with E-state index in [0.29, 0.717) is 17.8 Å². The molecule has 0 amide bonds. The van der Waals surface area contributed by atoms with Crippen molar-refractivity contribution in [2.45, 2.75) is 20.3 Å². The molecule has 1 aliphatic rings. The first-order chi connectivity index (χ1) is 17.9. The average Bonchev–Trinajstić information content (AvgIpc) is 2.92. The Kier molecular flexibility index (Phi) is 10.8. The number of anilines is 3. The number of hydrogen-bond acceptors (Lipinski definition) is 5. The molecule has 0 saturated heterocycles. The molecule has 2 N–H and O–H groups in total. The van der Waals surface area contributed by atoms with E-state index in [1.807, 2.05) is 72.8 Å². The maximum absolute atomic E-state index is 9.83. The zero-order chi connectivity index (χ0) is 26.2. The summed E-state index contributed by atoms with van der Waals surface area (Å²) in [5.41, 5.74) is 2.72. The summed E-state index contributed by atoms with van der Waals surface area (Å²) < 4.78 is 14.7. The smallest absolute Gasteiger partial charge is 0.0156 e. The van der Waals surface area contributed by atoms with Gasteiger partial charge in [-0.05, 0) is 60.6 Å². The van der Waals surface area contributed by atoms with Crippen molar-refractivity contribution in [3.63, 3.8) is 0 Å². The molecule has 0 saturated carbocycles. The summed E-state index contributed by atoms with van der Waals surface area (Å²) >= 11 is 4.27. The van der Waals surface area contributed by atoms with Crippen molar-refractivity contribution < 1.29 is 32.2 Å². The summed E-state index contributed by atoms with van der Waals surface area (Å²) in [6.45, 7) is 4.59. The van der Waals surface area contributed by atoms with Crippen LogP contribution >= 0.6 is 41.2 Å². The van der Waals surface area contributed by atoms with Crippen molar-refractivity contribution in [1.82, 2.24) is 0 Å². The van der Waals surface area contributed by atoms with Gasteiger partial charge in [-0.1, -0.05) is 42.5 Å². The number of hydrogen-bond donors (Lipinski definition) is 2. The van der Waals surface area contributed by atoms with Gasteiger partial charge in [0.2, 0.25) is 0 Å². The van der Waals surface area contributed by atoms with Crippen LogP contribution in [-0.2, 0) is 0 Å². The molecule has 0 heterocycles. The Hall–Kier alpha value is -1.51. The SMILES string of the molecule is C[C@H](CI)CC1C=C(Oc2ccc(Oc3ccc(Nc4ccc(N(O)[I-]I)cc4)cc3)cc2)C=C[C@H]1C. The molecular formula is C29H30I3N2O3-. The minimum absolute atomic E-state index is 0.420. The second-order valence-electron chi connectivity index (χ2n) is 9.14. The van der Waals surface area contributed by atoms with Crippen molar-refractivity contribution in [1.29, 1.82) is 0 Å². The molecule has 5 nitrogen and oxygen atoms in total. The number of allylic oxidation sites excluding steroid dienone is 3. The van der Waals surface area contributed by atoms with Gasteiger partial charge in [0.1, 0.15) is 11.5 Å². The first-order valence-electron chi connectivity index (χ1n) is 12.1. The Labute approximate surface area is 253 Å². The fourth-order valence-corrected chi connectivity index (χ4v) is 6.32. The summed E-state index contributed by atoms with van der Waals surface area (Å²) in [5, 5.41) is 13.2. The Morgan fingerprint density at radius 2 is 1.46 bits per heavy atom. The molecule has 4 rings (SSSR count). The third kappa shape index (κ3) is 8.49. The van der Waals surface area contributed by atoms with Gasteiger partial charge >= 0.3 is 132 Å². The van der Waals surface area contributed by atoms with Crippen LogP contribution in [0.15, 0.2) is 96.8 Å². The van der Waals surface area contributed by atoms with Gasteiger partial charge in [0.05, 0.1) is 0 Å². The minimum Gasteiger partial charge on any atom is -0.0774 e. The van der Waals surface area contributed by atoms with E-state index >= 15 is 0 Å². The second kappa shape index (κ2) is 14.0. The third-order valence-electron chi connectivity index (χ3n) is 6.13. The molecule has 0 bridgehead atoms. The van der Waals surface area contributed by atoms with Gasteiger partial charge in [-0.25, -0.2) is 0 Å². The van der Waals surface area contributed by atoms with Gasteiger partial charge in [0.15, 0.2) is 0 Å². The number of ether oxygens (including phenoxy) is 2. The maximum Gasteiger partial charge on any atom is -0.0156 e. The van der Waals surface area contributed by atoms with Crippen LogP contribution in [0, 0.1) is 17.8 Å². The molecule has 3 atom stereocenters. The zero-order valence-electron chi connectivity index (χ0n) is 20.7. The number of rotatable bonds is 11. The first kappa shape index (κ1) is 28.5. The molecule has 8 heteroatoms. The predicted octanol–water partition coefficient (Wildman–Crippen LogP) is 6.32. The van der Waals surface area contributed by atoms with Gasteiger partial charge in [-0.3, -0.25) is 0 Å². The van der Waals surface area contributed by atoms with E-state index in [0.717, 1.165) is 40.1 Å². The molecular weight excluding hydrogens is 805 g/mol. The number of benzene rings is 3. The van der Waals surface area contributed by atoms with E-state index in [-0.39, 0.29) is 0 Å². The van der Waals surface area contributed by atoms with Gasteiger partial charge in [0, 0.05) is 4.43 Å². The fourth-order valence-electron chi connectivity index (χ4n) is 4.01. The van der Waals surface area contributed by atoms with Crippen molar-refractivity contribution in [2.75, 3.05) is 13.0 Å². The molecule has 196 valence electrons. The summed E-state index contributed by atoms with van der Waals surface area (Å²) in [6.07, 6.45) is 7.78. The zero-order valence-corrected chi connectivity index (χ0v) is 27.1. The van der Waals surface area contributed by atoms with E-state index in [4.69, 9.17) is 9.47 Å². The molecule has 1 aliphatic carbocycles. The van der Waals surface area contributed by atoms with Crippen LogP contribution in [0.25, 0.3) is 0 Å². The molecule has 1 unspecified atom stereocenters. The minimum atomic E-state index is -0.420. The first-order valence-corrected chi connectivity index (χ1v) is 20.8. The van der Waals surface area contributed by atoms with Crippen LogP contribution in [-0.4, -0.2) is 9.63 Å². The maximum atomic E-state index is 9.83. The van der Waals surface area contributed by atoms with E-state index in [2.05, 4.69) is 78.6 Å². The molecule has 0 radical (unpaired) electrons. The van der Waals surface area contributed by atoms with Gasteiger partial charge in [-0.2, -0.15) is 0 Å². The van der Waals surface area contributed by atoms with Crippen LogP contribution in [0.4, 0.5) is 17.1 Å². The molecule has 0 spiro atoms. The number of alkyl halides is 1. The van der Waals surface area contributed by atoms with E-state index < -0.39 is 17.5 Å². The predicted molar refractivity (Wildman–Crippen MR) is 164 cm³/mol. The summed E-state index contributed by atoms with van der Waals surface area (Å²) in [4.78, 5) is 0. The molecule has 0 fully saturated rings. The van der Waals surface area contributed by atoms with Gasteiger partial charge in [-0.15, -0.1) is 0 Å². The standard InChI is InChI=1S/C29H30I3N2O3/c1-20(19-30)17-22-18-29(10-3-21(22)2)37-28-15-13-27(14-16-28)36-26-11-6-24(7-12-26)33-23-4-8-25(9-5-23)34(35)32-31/h3-16,18,20-22,33,35H,17,19H2,1-2H3/q-1/t20-,21+,22?/m0/s1. The Morgan fingerprint density at radius 1 is 0.919 bits per heavy atom. The Morgan fingerprint density at radius 3 is 2.03 bits per heavy atom. The molecule has 3 aromatic carbocycles. The van der Waals surface area contributed by atoms with Crippen molar-refractivity contribution in [2.24, 2.45) is 17.8 Å². The van der Waals surface area contributed by atoms with Crippen LogP contribution in [0.3, 0.4) is 0 Å². The third-order valence-corrected chi connectivity index (χ3v) is 10.9. The monoisotopic (exact) mass is 835 g/mol. The van der Waals surface area contributed by atoms with E-state index in [1.54, 1.807) is 0 Å². The van der Waals surface area contributed by atoms with Gasteiger partial charge < -0.3 is 4.74 Å². The Bertz CT molecular complexity index is 1200. The van der Waals surface area contributed by atoms with Crippen molar-refractivity contribution in [3.8, 4) is 17.2 Å². The quantitative estimate of drug-likeness (QED) is 0.103. The molecule has 37 heavy (non-hydrogen) atoms. The molecule has 3 aromatic rings. The van der Waals surface area contributed by atoms with Crippen molar-refractivity contribution in [3.05, 3.63) is 96.8 Å². The second-order valence-corrected chi connectivity index (χ2v) is 13.7. The number of halogens is 3. The van der Waals surface area contributed by atoms with Crippen LogP contribution in [0.1, 0.15) is 20.3 Å². The summed E-state index contributed by atoms with van der Waals surface area (Å²) in [6, 6.07) is 23.3. The number of nitrogens with one attached hydrogen (secondary N) is 1. The normalized spacial score (nSPS) is 17.7. The largest absolute Gasteiger partial charge is 0.0774 e. The molecule has 0 aliphatic heterocycles. The number of nitrogens with zero attached hydrogens (tertiary/aromatic N) is 1.